The molecule has 2 atom stereocenters. The van der Waals surface area contributed by atoms with Crippen molar-refractivity contribution in [2.75, 3.05) is 13.2 Å². The number of aromatic amines is 1. The zero-order chi connectivity index (χ0) is 13.2. The molecule has 0 bridgehead atoms. The number of sulfonamides is 1. The van der Waals surface area contributed by atoms with E-state index in [1.165, 1.54) is 6.20 Å². The summed E-state index contributed by atoms with van der Waals surface area (Å²) < 4.78 is 32.0. The number of hydrogen-bond donors (Lipinski definition) is 3. The van der Waals surface area contributed by atoms with Gasteiger partial charge in [-0.2, -0.15) is 0 Å². The molecule has 6 nitrogen and oxygen atoms in total. The topological polar surface area (TPSA) is 97.2 Å². The van der Waals surface area contributed by atoms with E-state index < -0.39 is 10.0 Å². The standard InChI is InChI=1S/C11H19N3O3S/c1-8-9(2-3-17-8)6-14-18(15,16)11-4-10(5-12)13-7-11/h4,7-9,13-14H,2-3,5-6,12H2,1H3. The number of hydrogen-bond acceptors (Lipinski definition) is 4. The molecule has 0 spiro atoms. The summed E-state index contributed by atoms with van der Waals surface area (Å²) in [6.45, 7) is 3.37. The monoisotopic (exact) mass is 273 g/mol. The van der Waals surface area contributed by atoms with Crippen molar-refractivity contribution in [2.45, 2.75) is 30.9 Å². The first-order chi connectivity index (χ1) is 8.53. The van der Waals surface area contributed by atoms with Crippen LogP contribution in [-0.4, -0.2) is 32.7 Å². The molecule has 1 aliphatic rings. The molecule has 0 radical (unpaired) electrons. The molecule has 102 valence electrons. The third-order valence-electron chi connectivity index (χ3n) is 3.32. The van der Waals surface area contributed by atoms with Gasteiger partial charge in [-0.15, -0.1) is 0 Å². The molecule has 0 aromatic carbocycles. The second-order valence-corrected chi connectivity index (χ2v) is 6.31. The Balaban J connectivity index is 1.98. The predicted octanol–water partition coefficient (Wildman–Crippen LogP) is 0.177. The summed E-state index contributed by atoms with van der Waals surface area (Å²) in [4.78, 5) is 3.06. The van der Waals surface area contributed by atoms with E-state index >= 15 is 0 Å². The van der Waals surface area contributed by atoms with Crippen molar-refractivity contribution in [2.24, 2.45) is 11.7 Å². The number of nitrogens with two attached hydrogens (primary N) is 1. The van der Waals surface area contributed by atoms with E-state index in [1.54, 1.807) is 6.07 Å². The van der Waals surface area contributed by atoms with Gasteiger partial charge in [-0.1, -0.05) is 0 Å². The van der Waals surface area contributed by atoms with Crippen molar-refractivity contribution in [3.8, 4) is 0 Å². The molecule has 4 N–H and O–H groups in total. The summed E-state index contributed by atoms with van der Waals surface area (Å²) in [5.74, 6) is 0.243. The minimum Gasteiger partial charge on any atom is -0.378 e. The van der Waals surface area contributed by atoms with Gasteiger partial charge in [0, 0.05) is 37.5 Å². The van der Waals surface area contributed by atoms with E-state index in [-0.39, 0.29) is 16.9 Å². The fraction of sp³-hybridized carbons (Fsp3) is 0.636. The highest BCUT2D eigenvalue weighted by Crippen LogP contribution is 2.20. The molecule has 1 saturated heterocycles. The van der Waals surface area contributed by atoms with Gasteiger partial charge < -0.3 is 15.5 Å². The van der Waals surface area contributed by atoms with E-state index in [0.717, 1.165) is 6.42 Å². The van der Waals surface area contributed by atoms with E-state index in [9.17, 15) is 8.42 Å². The maximum atomic E-state index is 12.0. The first-order valence-electron chi connectivity index (χ1n) is 6.01. The van der Waals surface area contributed by atoms with Gasteiger partial charge in [0.25, 0.3) is 0 Å². The van der Waals surface area contributed by atoms with Gasteiger partial charge in [0.05, 0.1) is 11.0 Å². The zero-order valence-corrected chi connectivity index (χ0v) is 11.2. The van der Waals surface area contributed by atoms with Crippen LogP contribution in [0.5, 0.6) is 0 Å². The molecule has 2 heterocycles. The highest BCUT2D eigenvalue weighted by Gasteiger charge is 2.26. The van der Waals surface area contributed by atoms with Gasteiger partial charge in [0.2, 0.25) is 10.0 Å². The molecule has 1 aromatic heterocycles. The predicted molar refractivity (Wildman–Crippen MR) is 67.4 cm³/mol. The van der Waals surface area contributed by atoms with Crippen molar-refractivity contribution in [3.05, 3.63) is 18.0 Å². The van der Waals surface area contributed by atoms with E-state index in [0.29, 0.717) is 25.4 Å². The first kappa shape index (κ1) is 13.5. The number of ether oxygens (including phenoxy) is 1. The summed E-state index contributed by atoms with van der Waals surface area (Å²) in [5.41, 5.74) is 6.14. The Labute approximate surface area is 107 Å². The number of aromatic nitrogens is 1. The molecule has 2 unspecified atom stereocenters. The van der Waals surface area contributed by atoms with Crippen LogP contribution in [0.15, 0.2) is 17.2 Å². The average molecular weight is 273 g/mol. The second kappa shape index (κ2) is 5.40. The molecular formula is C11H19N3O3S. The van der Waals surface area contributed by atoms with E-state index in [4.69, 9.17) is 10.5 Å². The molecule has 2 rings (SSSR count). The number of nitrogens with one attached hydrogen (secondary N) is 2. The Bertz CT molecular complexity index is 497. The Morgan fingerprint density at radius 1 is 1.61 bits per heavy atom. The lowest BCUT2D eigenvalue weighted by atomic mass is 10.0. The molecular weight excluding hydrogens is 254 g/mol. The maximum Gasteiger partial charge on any atom is 0.242 e. The third kappa shape index (κ3) is 2.92. The van der Waals surface area contributed by atoms with Gasteiger partial charge >= 0.3 is 0 Å². The van der Waals surface area contributed by atoms with Crippen LogP contribution in [0.1, 0.15) is 19.0 Å². The number of H-pyrrole nitrogens is 1. The molecule has 0 amide bonds. The Kier molecular flexibility index (Phi) is 4.06. The maximum absolute atomic E-state index is 12.0. The number of rotatable bonds is 5. The van der Waals surface area contributed by atoms with Crippen LogP contribution in [0, 0.1) is 5.92 Å². The van der Waals surface area contributed by atoms with Crippen LogP contribution in [-0.2, 0) is 21.3 Å². The molecule has 0 aliphatic carbocycles. The lowest BCUT2D eigenvalue weighted by Crippen LogP contribution is -2.31. The summed E-state index contributed by atoms with van der Waals surface area (Å²) in [7, 11) is -3.45. The lowest BCUT2D eigenvalue weighted by Gasteiger charge is -2.14. The summed E-state index contributed by atoms with van der Waals surface area (Å²) >= 11 is 0. The van der Waals surface area contributed by atoms with Crippen LogP contribution in [0.3, 0.4) is 0 Å². The van der Waals surface area contributed by atoms with E-state index in [1.807, 2.05) is 6.92 Å². The second-order valence-electron chi connectivity index (χ2n) is 4.54. The molecule has 1 aliphatic heterocycles. The summed E-state index contributed by atoms with van der Waals surface area (Å²) in [6.07, 6.45) is 2.46. The normalized spacial score (nSPS) is 24.6. The fourth-order valence-corrected chi connectivity index (χ4v) is 3.15. The fourth-order valence-electron chi connectivity index (χ4n) is 2.04. The molecule has 1 aromatic rings. The Hall–Kier alpha value is -0.890. The van der Waals surface area contributed by atoms with Crippen molar-refractivity contribution in [3.63, 3.8) is 0 Å². The Morgan fingerprint density at radius 2 is 2.39 bits per heavy atom. The van der Waals surface area contributed by atoms with Gasteiger partial charge in [0.1, 0.15) is 0 Å². The van der Waals surface area contributed by atoms with Crippen LogP contribution in [0.25, 0.3) is 0 Å². The van der Waals surface area contributed by atoms with E-state index in [2.05, 4.69) is 9.71 Å². The van der Waals surface area contributed by atoms with Crippen molar-refractivity contribution < 1.29 is 13.2 Å². The first-order valence-corrected chi connectivity index (χ1v) is 7.50. The lowest BCUT2D eigenvalue weighted by molar-refractivity contribution is 0.107. The largest absolute Gasteiger partial charge is 0.378 e. The van der Waals surface area contributed by atoms with Crippen LogP contribution < -0.4 is 10.5 Å². The van der Waals surface area contributed by atoms with Crippen molar-refractivity contribution in [1.29, 1.82) is 0 Å². The zero-order valence-electron chi connectivity index (χ0n) is 10.3. The van der Waals surface area contributed by atoms with Gasteiger partial charge in [-0.25, -0.2) is 13.1 Å². The molecule has 1 fully saturated rings. The van der Waals surface area contributed by atoms with Crippen LogP contribution in [0.4, 0.5) is 0 Å². The van der Waals surface area contributed by atoms with Gasteiger partial charge in [-0.05, 0) is 19.4 Å². The molecule has 18 heavy (non-hydrogen) atoms. The molecule has 0 saturated carbocycles. The highest BCUT2D eigenvalue weighted by molar-refractivity contribution is 7.89. The van der Waals surface area contributed by atoms with Gasteiger partial charge in [-0.3, -0.25) is 0 Å². The third-order valence-corrected chi connectivity index (χ3v) is 4.72. The van der Waals surface area contributed by atoms with Crippen molar-refractivity contribution >= 4 is 10.0 Å². The SMILES string of the molecule is CC1OCCC1CNS(=O)(=O)c1c[nH]c(CN)c1. The van der Waals surface area contributed by atoms with Gasteiger partial charge in [0.15, 0.2) is 0 Å². The minimum absolute atomic E-state index is 0.110. The van der Waals surface area contributed by atoms with Crippen LogP contribution in [0.2, 0.25) is 0 Å². The quantitative estimate of drug-likeness (QED) is 0.712. The average Bonchev–Trinajstić information content (AvgIpc) is 2.95. The highest BCUT2D eigenvalue weighted by atomic mass is 32.2. The summed E-state index contributed by atoms with van der Waals surface area (Å²) in [5, 5.41) is 0. The minimum atomic E-state index is -3.45. The smallest absolute Gasteiger partial charge is 0.242 e. The van der Waals surface area contributed by atoms with Crippen LogP contribution >= 0.6 is 0 Å². The summed E-state index contributed by atoms with van der Waals surface area (Å²) in [6, 6.07) is 1.55. The molecule has 7 heteroatoms. The Morgan fingerprint density at radius 3 is 2.94 bits per heavy atom. The van der Waals surface area contributed by atoms with Crippen molar-refractivity contribution in [1.82, 2.24) is 9.71 Å².